The van der Waals surface area contributed by atoms with Crippen molar-refractivity contribution in [1.29, 1.82) is 0 Å². The molecule has 0 fully saturated rings. The van der Waals surface area contributed by atoms with Crippen molar-refractivity contribution in [2.24, 2.45) is 0 Å². The molecule has 1 heterocycles. The summed E-state index contributed by atoms with van der Waals surface area (Å²) in [5.74, 6) is 1.50. The van der Waals surface area contributed by atoms with Crippen LogP contribution in [-0.2, 0) is 0 Å². The van der Waals surface area contributed by atoms with Crippen LogP contribution in [0.4, 0.5) is 0 Å². The highest BCUT2D eigenvalue weighted by Crippen LogP contribution is 2.38. The van der Waals surface area contributed by atoms with Gasteiger partial charge in [-0.2, -0.15) is 0 Å². The summed E-state index contributed by atoms with van der Waals surface area (Å²) in [5, 5.41) is 10.2. The molecule has 1 N–H and O–H groups in total. The van der Waals surface area contributed by atoms with Crippen molar-refractivity contribution < 1.29 is 9.84 Å². The molecule has 18 heavy (non-hydrogen) atoms. The third-order valence-electron chi connectivity index (χ3n) is 2.99. The lowest BCUT2D eigenvalue weighted by atomic mass is 10.1. The Hall–Kier alpha value is -1.45. The molecule has 0 saturated heterocycles. The second kappa shape index (κ2) is 5.04. The second-order valence-corrected chi connectivity index (χ2v) is 5.34. The van der Waals surface area contributed by atoms with Gasteiger partial charge in [0.2, 0.25) is 0 Å². The third-order valence-corrected chi connectivity index (χ3v) is 4.15. The summed E-state index contributed by atoms with van der Waals surface area (Å²) in [4.78, 5) is 1.09. The molecule has 2 nitrogen and oxygen atoms in total. The number of para-hydroxylation sites is 1. The molecular weight excluding hydrogens is 244 g/mol. The highest BCUT2D eigenvalue weighted by atomic mass is 32.2. The molecule has 0 radical (unpaired) electrons. The van der Waals surface area contributed by atoms with Crippen LogP contribution in [0.25, 0.3) is 0 Å². The number of aliphatic hydroxyl groups is 1. The lowest BCUT2D eigenvalue weighted by molar-refractivity contribution is 0.0518. The van der Waals surface area contributed by atoms with Crippen LogP contribution in [0.5, 0.6) is 5.75 Å². The molecule has 2 aromatic carbocycles. The van der Waals surface area contributed by atoms with Gasteiger partial charge >= 0.3 is 0 Å². The van der Waals surface area contributed by atoms with E-state index in [1.54, 1.807) is 11.8 Å². The van der Waals surface area contributed by atoms with Crippen molar-refractivity contribution in [2.45, 2.75) is 17.1 Å². The number of hydrogen-bond acceptors (Lipinski definition) is 3. The van der Waals surface area contributed by atoms with Gasteiger partial charge in [-0.1, -0.05) is 42.5 Å². The summed E-state index contributed by atoms with van der Waals surface area (Å²) in [6, 6.07) is 17.8. The van der Waals surface area contributed by atoms with Crippen LogP contribution in [0.15, 0.2) is 59.5 Å². The third kappa shape index (κ3) is 2.24. The molecule has 3 rings (SSSR count). The Morgan fingerprint density at radius 3 is 2.56 bits per heavy atom. The van der Waals surface area contributed by atoms with Crippen molar-refractivity contribution in [2.75, 3.05) is 5.75 Å². The van der Waals surface area contributed by atoms with Gasteiger partial charge in [0.05, 0.1) is 0 Å². The predicted molar refractivity (Wildman–Crippen MR) is 73.0 cm³/mol. The molecular formula is C15H14O2S. The molecule has 3 heteroatoms. The first-order valence-corrected chi connectivity index (χ1v) is 6.94. The fraction of sp³-hybridized carbons (Fsp3) is 0.200. The Bertz CT molecular complexity index is 527. The summed E-state index contributed by atoms with van der Waals surface area (Å²) in [7, 11) is 0. The van der Waals surface area contributed by atoms with Crippen LogP contribution in [0.2, 0.25) is 0 Å². The fourth-order valence-corrected chi connectivity index (χ4v) is 3.04. The van der Waals surface area contributed by atoms with E-state index in [0.29, 0.717) is 5.75 Å². The Balaban J connectivity index is 1.96. The van der Waals surface area contributed by atoms with Crippen LogP contribution in [0.1, 0.15) is 11.7 Å². The maximum absolute atomic E-state index is 10.2. The van der Waals surface area contributed by atoms with Gasteiger partial charge in [0.1, 0.15) is 11.9 Å². The number of fused-ring (bicyclic) bond motifs is 1. The lowest BCUT2D eigenvalue weighted by Crippen LogP contribution is -2.24. The highest BCUT2D eigenvalue weighted by Gasteiger charge is 2.27. The van der Waals surface area contributed by atoms with Crippen molar-refractivity contribution in [3.05, 3.63) is 60.2 Å². The minimum Gasteiger partial charge on any atom is -0.482 e. The Labute approximate surface area is 111 Å². The number of ether oxygens (including phenoxy) is 1. The number of benzene rings is 2. The minimum absolute atomic E-state index is 0.289. The zero-order chi connectivity index (χ0) is 12.4. The fourth-order valence-electron chi connectivity index (χ4n) is 2.08. The summed E-state index contributed by atoms with van der Waals surface area (Å²) in [6.07, 6.45) is -0.785. The van der Waals surface area contributed by atoms with Gasteiger partial charge in [-0.25, -0.2) is 0 Å². The Kier molecular flexibility index (Phi) is 3.26. The molecule has 2 aromatic rings. The molecule has 0 amide bonds. The maximum Gasteiger partial charge on any atom is 0.150 e. The molecule has 0 aromatic heterocycles. The largest absolute Gasteiger partial charge is 0.482 e. The van der Waals surface area contributed by atoms with Gasteiger partial charge in [0.15, 0.2) is 6.10 Å². The monoisotopic (exact) mass is 258 g/mol. The molecule has 0 aliphatic carbocycles. The Morgan fingerprint density at radius 1 is 1.00 bits per heavy atom. The molecule has 0 spiro atoms. The van der Waals surface area contributed by atoms with E-state index in [-0.39, 0.29) is 6.10 Å². The molecule has 0 bridgehead atoms. The van der Waals surface area contributed by atoms with Gasteiger partial charge in [0, 0.05) is 10.6 Å². The lowest BCUT2D eigenvalue weighted by Gasteiger charge is -2.21. The van der Waals surface area contributed by atoms with Gasteiger partial charge in [-0.3, -0.25) is 0 Å². The van der Waals surface area contributed by atoms with E-state index in [9.17, 15) is 5.11 Å². The molecule has 1 aliphatic heterocycles. The number of aliphatic hydroxyl groups excluding tert-OH is 1. The zero-order valence-corrected chi connectivity index (χ0v) is 10.6. The molecule has 2 unspecified atom stereocenters. The quantitative estimate of drug-likeness (QED) is 0.851. The summed E-state index contributed by atoms with van der Waals surface area (Å²) >= 11 is 1.64. The van der Waals surface area contributed by atoms with Gasteiger partial charge in [-0.15, -0.1) is 11.8 Å². The van der Waals surface area contributed by atoms with E-state index in [2.05, 4.69) is 0 Å². The average molecular weight is 258 g/mol. The predicted octanol–water partition coefficient (Wildman–Crippen LogP) is 3.27. The topological polar surface area (TPSA) is 29.5 Å². The van der Waals surface area contributed by atoms with Crippen molar-refractivity contribution in [3.63, 3.8) is 0 Å². The molecule has 1 aliphatic rings. The summed E-state index contributed by atoms with van der Waals surface area (Å²) in [6.45, 7) is 0. The van der Waals surface area contributed by atoms with Crippen molar-refractivity contribution >= 4 is 11.8 Å². The number of hydrogen-bond donors (Lipinski definition) is 1. The first-order chi connectivity index (χ1) is 8.84. The molecule has 2 atom stereocenters. The Morgan fingerprint density at radius 2 is 1.72 bits per heavy atom. The van der Waals surface area contributed by atoms with Gasteiger partial charge in [-0.05, 0) is 17.7 Å². The highest BCUT2D eigenvalue weighted by molar-refractivity contribution is 7.99. The molecule has 92 valence electrons. The maximum atomic E-state index is 10.2. The van der Waals surface area contributed by atoms with E-state index < -0.39 is 6.10 Å². The standard InChI is InChI=1S/C15H14O2S/c16-12-10-18-14-9-5-4-8-13(14)17-15(12)11-6-2-1-3-7-11/h1-9,12,15-16H,10H2. The second-order valence-electron chi connectivity index (χ2n) is 4.27. The van der Waals surface area contributed by atoms with Gasteiger partial charge in [0.25, 0.3) is 0 Å². The SMILES string of the molecule is OC1CSc2ccccc2OC1c1ccccc1. The van der Waals surface area contributed by atoms with E-state index in [1.807, 2.05) is 54.6 Å². The molecule has 0 saturated carbocycles. The van der Waals surface area contributed by atoms with Crippen LogP contribution in [0.3, 0.4) is 0 Å². The van der Waals surface area contributed by atoms with E-state index in [1.165, 1.54) is 0 Å². The smallest absolute Gasteiger partial charge is 0.150 e. The first-order valence-electron chi connectivity index (χ1n) is 5.96. The summed E-state index contributed by atoms with van der Waals surface area (Å²) < 4.78 is 5.98. The van der Waals surface area contributed by atoms with Crippen molar-refractivity contribution in [3.8, 4) is 5.75 Å². The van der Waals surface area contributed by atoms with Crippen LogP contribution >= 0.6 is 11.8 Å². The van der Waals surface area contributed by atoms with Gasteiger partial charge < -0.3 is 9.84 Å². The van der Waals surface area contributed by atoms with Crippen LogP contribution < -0.4 is 4.74 Å². The first kappa shape index (κ1) is 11.6. The average Bonchev–Trinajstić information content (AvgIpc) is 2.60. The van der Waals surface area contributed by atoms with Crippen LogP contribution in [-0.4, -0.2) is 17.0 Å². The minimum atomic E-state index is -0.496. The van der Waals surface area contributed by atoms with E-state index >= 15 is 0 Å². The van der Waals surface area contributed by atoms with E-state index in [4.69, 9.17) is 4.74 Å². The van der Waals surface area contributed by atoms with E-state index in [0.717, 1.165) is 16.2 Å². The number of rotatable bonds is 1. The zero-order valence-electron chi connectivity index (χ0n) is 9.82. The summed E-state index contributed by atoms with van der Waals surface area (Å²) in [5.41, 5.74) is 1.02. The van der Waals surface area contributed by atoms with Crippen molar-refractivity contribution in [1.82, 2.24) is 0 Å². The normalized spacial score (nSPS) is 22.7. The van der Waals surface area contributed by atoms with Crippen LogP contribution in [0, 0.1) is 0 Å². The number of thioether (sulfide) groups is 1.